The lowest BCUT2D eigenvalue weighted by Gasteiger charge is -2.19. The molecular formula is C16H17N3O2S2. The molecule has 0 fully saturated rings. The Kier molecular flexibility index (Phi) is 5.12. The predicted molar refractivity (Wildman–Crippen MR) is 96.8 cm³/mol. The van der Waals surface area contributed by atoms with Crippen molar-refractivity contribution < 1.29 is 8.42 Å². The topological polar surface area (TPSA) is 61.8 Å². The summed E-state index contributed by atoms with van der Waals surface area (Å²) in [4.78, 5) is 2.19. The monoisotopic (exact) mass is 347 g/mol. The fraction of sp³-hybridized carbons (Fsp3) is 0.125. The molecule has 23 heavy (non-hydrogen) atoms. The van der Waals surface area contributed by atoms with Crippen LogP contribution in [-0.2, 0) is 9.84 Å². The summed E-state index contributed by atoms with van der Waals surface area (Å²) in [5.74, 6) is 0. The van der Waals surface area contributed by atoms with E-state index < -0.39 is 9.84 Å². The summed E-state index contributed by atoms with van der Waals surface area (Å²) >= 11 is 5.12. The quantitative estimate of drug-likeness (QED) is 0.523. The van der Waals surface area contributed by atoms with Gasteiger partial charge in [0.05, 0.1) is 9.79 Å². The number of thiocarbonyl (C=S) groups is 1. The molecule has 0 bridgehead atoms. The SMILES string of the molecule is C=NNC(=S)N(C)c1ccc(S(=O)(=O)c2cccc(C)c2)cc1. The third-order valence-corrected chi connectivity index (χ3v) is 5.45. The minimum absolute atomic E-state index is 0.237. The van der Waals surface area contributed by atoms with Gasteiger partial charge < -0.3 is 4.90 Å². The molecule has 0 radical (unpaired) electrons. The second kappa shape index (κ2) is 6.89. The molecule has 0 atom stereocenters. The summed E-state index contributed by atoms with van der Waals surface area (Å²) in [5, 5.41) is 3.88. The van der Waals surface area contributed by atoms with Crippen LogP contribution in [0.5, 0.6) is 0 Å². The first-order chi connectivity index (χ1) is 10.9. The lowest BCUT2D eigenvalue weighted by atomic mass is 10.2. The van der Waals surface area contributed by atoms with E-state index in [1.165, 1.54) is 0 Å². The van der Waals surface area contributed by atoms with Crippen molar-refractivity contribution in [1.82, 2.24) is 5.43 Å². The van der Waals surface area contributed by atoms with Crippen LogP contribution >= 0.6 is 12.2 Å². The molecule has 0 saturated carbocycles. The van der Waals surface area contributed by atoms with E-state index >= 15 is 0 Å². The minimum Gasteiger partial charge on any atom is -0.321 e. The van der Waals surface area contributed by atoms with E-state index in [0.717, 1.165) is 11.3 Å². The standard InChI is InChI=1S/C16H17N3O2S2/c1-12-5-4-6-15(11-12)23(20,21)14-9-7-13(8-10-14)19(3)16(22)18-17-2/h4-11H,2H2,1,3H3,(H,18,22). The normalized spacial score (nSPS) is 10.9. The van der Waals surface area contributed by atoms with Gasteiger partial charge in [0.25, 0.3) is 0 Å². The fourth-order valence-corrected chi connectivity index (χ4v) is 3.56. The number of nitrogens with one attached hydrogen (secondary N) is 1. The predicted octanol–water partition coefficient (Wildman–Crippen LogP) is 2.75. The number of hydrazone groups is 1. The largest absolute Gasteiger partial charge is 0.321 e. The number of benzene rings is 2. The highest BCUT2D eigenvalue weighted by atomic mass is 32.2. The van der Waals surface area contributed by atoms with Crippen LogP contribution in [0.4, 0.5) is 5.69 Å². The summed E-state index contributed by atoms with van der Waals surface area (Å²) in [7, 11) is -1.78. The Morgan fingerprint density at radius 2 is 1.83 bits per heavy atom. The van der Waals surface area contributed by atoms with E-state index in [-0.39, 0.29) is 9.79 Å². The zero-order valence-electron chi connectivity index (χ0n) is 12.9. The van der Waals surface area contributed by atoms with Gasteiger partial charge in [-0.1, -0.05) is 12.1 Å². The summed E-state index contributed by atoms with van der Waals surface area (Å²) in [6.45, 7) is 5.17. The molecule has 0 heterocycles. The van der Waals surface area contributed by atoms with Crippen molar-refractivity contribution in [2.75, 3.05) is 11.9 Å². The van der Waals surface area contributed by atoms with Crippen LogP contribution in [0.1, 0.15) is 5.56 Å². The number of hydrogen-bond acceptors (Lipinski definition) is 4. The summed E-state index contributed by atoms with van der Waals surface area (Å²) < 4.78 is 25.3. The molecule has 2 aromatic rings. The van der Waals surface area contributed by atoms with E-state index in [9.17, 15) is 8.42 Å². The maximum absolute atomic E-state index is 12.6. The van der Waals surface area contributed by atoms with E-state index in [4.69, 9.17) is 12.2 Å². The van der Waals surface area contributed by atoms with Crippen molar-refractivity contribution in [2.24, 2.45) is 5.10 Å². The number of hydrogen-bond donors (Lipinski definition) is 1. The molecule has 0 aliphatic heterocycles. The third-order valence-electron chi connectivity index (χ3n) is 3.31. The molecule has 5 nitrogen and oxygen atoms in total. The van der Waals surface area contributed by atoms with Crippen molar-refractivity contribution in [3.63, 3.8) is 0 Å². The van der Waals surface area contributed by atoms with E-state index in [0.29, 0.717) is 5.11 Å². The third kappa shape index (κ3) is 3.75. The molecular weight excluding hydrogens is 330 g/mol. The zero-order chi connectivity index (χ0) is 17.0. The Morgan fingerprint density at radius 3 is 2.39 bits per heavy atom. The minimum atomic E-state index is -3.53. The van der Waals surface area contributed by atoms with E-state index in [2.05, 4.69) is 17.2 Å². The van der Waals surface area contributed by atoms with Crippen LogP contribution in [0.15, 0.2) is 63.4 Å². The lowest BCUT2D eigenvalue weighted by molar-refractivity contribution is 0.596. The van der Waals surface area contributed by atoms with Crippen LogP contribution < -0.4 is 10.3 Å². The van der Waals surface area contributed by atoms with Crippen LogP contribution in [0.3, 0.4) is 0 Å². The van der Waals surface area contributed by atoms with Crippen LogP contribution in [-0.4, -0.2) is 27.3 Å². The summed E-state index contributed by atoms with van der Waals surface area (Å²) in [5.41, 5.74) is 4.22. The number of sulfone groups is 1. The molecule has 7 heteroatoms. The highest BCUT2D eigenvalue weighted by Gasteiger charge is 2.18. The van der Waals surface area contributed by atoms with Gasteiger partial charge in [-0.15, -0.1) is 0 Å². The van der Waals surface area contributed by atoms with Crippen molar-refractivity contribution in [2.45, 2.75) is 16.7 Å². The van der Waals surface area contributed by atoms with Crippen LogP contribution in [0.2, 0.25) is 0 Å². The first-order valence-corrected chi connectivity index (χ1v) is 8.66. The molecule has 0 unspecified atom stereocenters. The fourth-order valence-electron chi connectivity index (χ4n) is 2.03. The highest BCUT2D eigenvalue weighted by Crippen LogP contribution is 2.24. The Balaban J connectivity index is 2.32. The van der Waals surface area contributed by atoms with Gasteiger partial charge in [-0.05, 0) is 61.1 Å². The average Bonchev–Trinajstić information content (AvgIpc) is 2.54. The van der Waals surface area contributed by atoms with Crippen molar-refractivity contribution >= 4 is 39.6 Å². The Bertz CT molecular complexity index is 831. The molecule has 1 N–H and O–H groups in total. The zero-order valence-corrected chi connectivity index (χ0v) is 14.5. The maximum Gasteiger partial charge on any atom is 0.206 e. The molecule has 0 aliphatic rings. The van der Waals surface area contributed by atoms with Gasteiger partial charge in [0.15, 0.2) is 5.11 Å². The first-order valence-electron chi connectivity index (χ1n) is 6.77. The van der Waals surface area contributed by atoms with Gasteiger partial charge in [-0.2, -0.15) is 5.10 Å². The Hall–Kier alpha value is -2.25. The van der Waals surface area contributed by atoms with Gasteiger partial charge in [0.1, 0.15) is 0 Å². The Labute approximate surface area is 141 Å². The molecule has 2 rings (SSSR count). The number of anilines is 1. The molecule has 0 saturated heterocycles. The average molecular weight is 347 g/mol. The highest BCUT2D eigenvalue weighted by molar-refractivity contribution is 7.91. The van der Waals surface area contributed by atoms with Gasteiger partial charge in [-0.25, -0.2) is 8.42 Å². The maximum atomic E-state index is 12.6. The molecule has 0 aromatic heterocycles. The summed E-state index contributed by atoms with van der Waals surface area (Å²) in [6, 6.07) is 13.4. The van der Waals surface area contributed by atoms with E-state index in [1.807, 2.05) is 13.0 Å². The molecule has 0 aliphatic carbocycles. The Morgan fingerprint density at radius 1 is 1.17 bits per heavy atom. The van der Waals surface area contributed by atoms with Crippen LogP contribution in [0.25, 0.3) is 0 Å². The van der Waals surface area contributed by atoms with Gasteiger partial charge in [0, 0.05) is 19.5 Å². The van der Waals surface area contributed by atoms with Crippen LogP contribution in [0, 0.1) is 6.92 Å². The van der Waals surface area contributed by atoms with Gasteiger partial charge in [-0.3, -0.25) is 5.43 Å². The molecule has 2 aromatic carbocycles. The molecule has 0 amide bonds. The second-order valence-electron chi connectivity index (χ2n) is 4.95. The molecule has 0 spiro atoms. The van der Waals surface area contributed by atoms with Crippen molar-refractivity contribution in [1.29, 1.82) is 0 Å². The number of aryl methyl sites for hydroxylation is 1. The molecule has 120 valence electrons. The number of nitrogens with zero attached hydrogens (tertiary/aromatic N) is 2. The smallest absolute Gasteiger partial charge is 0.206 e. The first kappa shape index (κ1) is 17.1. The van der Waals surface area contributed by atoms with E-state index in [1.54, 1.807) is 54.4 Å². The lowest BCUT2D eigenvalue weighted by Crippen LogP contribution is -2.33. The number of rotatable bonds is 4. The van der Waals surface area contributed by atoms with Gasteiger partial charge in [0.2, 0.25) is 9.84 Å². The van der Waals surface area contributed by atoms with Crippen molar-refractivity contribution in [3.8, 4) is 0 Å². The van der Waals surface area contributed by atoms with Gasteiger partial charge >= 0.3 is 0 Å². The van der Waals surface area contributed by atoms with Crippen molar-refractivity contribution in [3.05, 3.63) is 54.1 Å². The summed E-state index contributed by atoms with van der Waals surface area (Å²) in [6.07, 6.45) is 0. The second-order valence-corrected chi connectivity index (χ2v) is 7.28.